The van der Waals surface area contributed by atoms with E-state index in [9.17, 15) is 4.79 Å². The van der Waals surface area contributed by atoms with Gasteiger partial charge in [-0.25, -0.2) is 0 Å². The van der Waals surface area contributed by atoms with Crippen LogP contribution < -0.4 is 4.90 Å². The molecule has 3 rings (SSSR count). The van der Waals surface area contributed by atoms with E-state index in [0.29, 0.717) is 13.0 Å². The van der Waals surface area contributed by atoms with Crippen LogP contribution in [0.3, 0.4) is 0 Å². The molecule has 1 aliphatic rings. The van der Waals surface area contributed by atoms with Crippen LogP contribution >= 0.6 is 0 Å². The number of rotatable bonds is 3. The molecular formula is C14H15N3O2. The van der Waals surface area contributed by atoms with E-state index >= 15 is 0 Å². The van der Waals surface area contributed by atoms with Gasteiger partial charge < -0.3 is 10.0 Å². The van der Waals surface area contributed by atoms with E-state index in [1.54, 1.807) is 11.1 Å². The molecule has 98 valence electrons. The van der Waals surface area contributed by atoms with Gasteiger partial charge in [-0.1, -0.05) is 12.1 Å². The van der Waals surface area contributed by atoms with E-state index in [0.717, 1.165) is 16.8 Å². The first-order valence-corrected chi connectivity index (χ1v) is 6.28. The van der Waals surface area contributed by atoms with Crippen LogP contribution in [0.5, 0.6) is 0 Å². The molecule has 2 aromatic rings. The topological polar surface area (TPSA) is 69.2 Å². The van der Waals surface area contributed by atoms with E-state index in [4.69, 9.17) is 5.11 Å². The molecule has 0 bridgehead atoms. The smallest absolute Gasteiger partial charge is 0.227 e. The van der Waals surface area contributed by atoms with Gasteiger partial charge in [-0.15, -0.1) is 0 Å². The quantitative estimate of drug-likeness (QED) is 0.873. The average molecular weight is 257 g/mol. The predicted octanol–water partition coefficient (Wildman–Crippen LogP) is 1.42. The minimum absolute atomic E-state index is 0.0565. The van der Waals surface area contributed by atoms with Gasteiger partial charge in [0, 0.05) is 42.9 Å². The fourth-order valence-electron chi connectivity index (χ4n) is 2.40. The fraction of sp³-hybridized carbons (Fsp3) is 0.286. The number of hydrogen-bond donors (Lipinski definition) is 2. The summed E-state index contributed by atoms with van der Waals surface area (Å²) in [5, 5.41) is 15.8. The van der Waals surface area contributed by atoms with Gasteiger partial charge in [-0.05, 0) is 17.7 Å². The molecule has 1 fully saturated rings. The average Bonchev–Trinajstić information content (AvgIpc) is 3.08. The van der Waals surface area contributed by atoms with Crippen LogP contribution in [0.25, 0.3) is 11.1 Å². The monoisotopic (exact) mass is 257 g/mol. The number of benzene rings is 1. The first-order chi connectivity index (χ1) is 9.28. The minimum atomic E-state index is 0.0565. The Morgan fingerprint density at radius 1 is 1.32 bits per heavy atom. The normalized spacial score (nSPS) is 19.1. The lowest BCUT2D eigenvalue weighted by molar-refractivity contribution is -0.117. The first-order valence-electron chi connectivity index (χ1n) is 6.28. The number of nitrogens with zero attached hydrogens (tertiary/aromatic N) is 2. The fourth-order valence-corrected chi connectivity index (χ4v) is 2.40. The number of hydrogen-bond acceptors (Lipinski definition) is 3. The number of aromatic amines is 1. The zero-order chi connectivity index (χ0) is 13.2. The standard InChI is InChI=1S/C14H15N3O2/c18-9-10-5-14(19)17(8-10)13-3-1-11(2-4-13)12-6-15-16-7-12/h1-4,6-7,10,18H,5,8-9H2,(H,15,16). The van der Waals surface area contributed by atoms with Crippen LogP contribution in [0, 0.1) is 5.92 Å². The Morgan fingerprint density at radius 3 is 2.68 bits per heavy atom. The molecule has 1 aromatic heterocycles. The number of aliphatic hydroxyl groups excluding tert-OH is 1. The van der Waals surface area contributed by atoms with Crippen molar-refractivity contribution in [1.29, 1.82) is 0 Å². The molecule has 5 heteroatoms. The highest BCUT2D eigenvalue weighted by Gasteiger charge is 2.29. The van der Waals surface area contributed by atoms with Crippen molar-refractivity contribution in [2.75, 3.05) is 18.1 Å². The summed E-state index contributed by atoms with van der Waals surface area (Å²) >= 11 is 0. The van der Waals surface area contributed by atoms with Crippen LogP contribution in [0.15, 0.2) is 36.7 Å². The zero-order valence-corrected chi connectivity index (χ0v) is 10.4. The molecule has 0 aliphatic carbocycles. The molecule has 0 radical (unpaired) electrons. The van der Waals surface area contributed by atoms with Gasteiger partial charge in [0.05, 0.1) is 6.20 Å². The maximum atomic E-state index is 11.9. The third-order valence-electron chi connectivity index (χ3n) is 3.47. The summed E-state index contributed by atoms with van der Waals surface area (Å²) in [6.45, 7) is 0.662. The molecule has 1 unspecified atom stereocenters. The molecule has 2 N–H and O–H groups in total. The third-order valence-corrected chi connectivity index (χ3v) is 3.47. The number of H-pyrrole nitrogens is 1. The van der Waals surface area contributed by atoms with E-state index in [1.165, 1.54) is 0 Å². The molecule has 1 amide bonds. The van der Waals surface area contributed by atoms with E-state index in [-0.39, 0.29) is 18.4 Å². The molecule has 1 atom stereocenters. The summed E-state index contributed by atoms with van der Waals surface area (Å²) in [4.78, 5) is 13.6. The van der Waals surface area contributed by atoms with Gasteiger partial charge in [0.2, 0.25) is 5.91 Å². The molecule has 2 heterocycles. The molecule has 1 aliphatic heterocycles. The second kappa shape index (κ2) is 4.85. The molecule has 0 spiro atoms. The molecule has 19 heavy (non-hydrogen) atoms. The summed E-state index contributed by atoms with van der Waals surface area (Å²) < 4.78 is 0. The van der Waals surface area contributed by atoms with E-state index in [2.05, 4.69) is 10.2 Å². The second-order valence-electron chi connectivity index (χ2n) is 4.79. The van der Waals surface area contributed by atoms with E-state index < -0.39 is 0 Å². The second-order valence-corrected chi connectivity index (χ2v) is 4.79. The van der Waals surface area contributed by atoms with Crippen molar-refractivity contribution in [2.24, 2.45) is 5.92 Å². The van der Waals surface area contributed by atoms with Crippen molar-refractivity contribution < 1.29 is 9.90 Å². The Labute approximate surface area is 110 Å². The van der Waals surface area contributed by atoms with Crippen LogP contribution in [0.2, 0.25) is 0 Å². The molecule has 0 saturated carbocycles. The highest BCUT2D eigenvalue weighted by atomic mass is 16.3. The van der Waals surface area contributed by atoms with Crippen molar-refractivity contribution in [3.63, 3.8) is 0 Å². The highest BCUT2D eigenvalue weighted by molar-refractivity contribution is 5.95. The minimum Gasteiger partial charge on any atom is -0.396 e. The first kappa shape index (κ1) is 11.9. The van der Waals surface area contributed by atoms with Gasteiger partial charge in [0.1, 0.15) is 0 Å². The maximum absolute atomic E-state index is 11.9. The van der Waals surface area contributed by atoms with Crippen LogP contribution in [0.4, 0.5) is 5.69 Å². The zero-order valence-electron chi connectivity index (χ0n) is 10.4. The van der Waals surface area contributed by atoms with Gasteiger partial charge in [0.25, 0.3) is 0 Å². The van der Waals surface area contributed by atoms with Gasteiger partial charge >= 0.3 is 0 Å². The third kappa shape index (κ3) is 2.24. The van der Waals surface area contributed by atoms with Crippen LogP contribution in [-0.2, 0) is 4.79 Å². The Morgan fingerprint density at radius 2 is 2.11 bits per heavy atom. The number of amides is 1. The molecule has 1 saturated heterocycles. The Hall–Kier alpha value is -2.14. The highest BCUT2D eigenvalue weighted by Crippen LogP contribution is 2.27. The Bertz CT molecular complexity index is 563. The summed E-state index contributed by atoms with van der Waals surface area (Å²) in [6, 6.07) is 7.81. The molecule has 1 aromatic carbocycles. The van der Waals surface area contributed by atoms with Crippen molar-refractivity contribution in [1.82, 2.24) is 10.2 Å². The van der Waals surface area contributed by atoms with Crippen molar-refractivity contribution in [3.8, 4) is 11.1 Å². The Kier molecular flexibility index (Phi) is 3.05. The maximum Gasteiger partial charge on any atom is 0.227 e. The number of carbonyl (C=O) groups is 1. The van der Waals surface area contributed by atoms with E-state index in [1.807, 2.05) is 30.5 Å². The number of carbonyl (C=O) groups excluding carboxylic acids is 1. The van der Waals surface area contributed by atoms with Crippen molar-refractivity contribution in [2.45, 2.75) is 6.42 Å². The predicted molar refractivity (Wildman–Crippen MR) is 71.6 cm³/mol. The van der Waals surface area contributed by atoms with Gasteiger partial charge in [0.15, 0.2) is 0 Å². The van der Waals surface area contributed by atoms with Crippen LogP contribution in [-0.4, -0.2) is 34.4 Å². The van der Waals surface area contributed by atoms with Crippen molar-refractivity contribution >= 4 is 11.6 Å². The Balaban J connectivity index is 1.81. The van der Waals surface area contributed by atoms with Crippen LogP contribution in [0.1, 0.15) is 6.42 Å². The summed E-state index contributed by atoms with van der Waals surface area (Å²) in [6.07, 6.45) is 4.02. The number of nitrogens with one attached hydrogen (secondary N) is 1. The summed E-state index contributed by atoms with van der Waals surface area (Å²) in [7, 11) is 0. The van der Waals surface area contributed by atoms with Crippen molar-refractivity contribution in [3.05, 3.63) is 36.7 Å². The lowest BCUT2D eigenvalue weighted by Crippen LogP contribution is -2.24. The lowest BCUT2D eigenvalue weighted by Gasteiger charge is -2.16. The number of aliphatic hydroxyl groups is 1. The number of anilines is 1. The lowest BCUT2D eigenvalue weighted by atomic mass is 10.1. The SMILES string of the molecule is O=C1CC(CO)CN1c1ccc(-c2cn[nH]c2)cc1. The molecular weight excluding hydrogens is 242 g/mol. The largest absolute Gasteiger partial charge is 0.396 e. The summed E-state index contributed by atoms with van der Waals surface area (Å²) in [5.74, 6) is 0.135. The number of aromatic nitrogens is 2. The van der Waals surface area contributed by atoms with Gasteiger partial charge in [-0.2, -0.15) is 5.10 Å². The summed E-state index contributed by atoms with van der Waals surface area (Å²) in [5.41, 5.74) is 2.96. The van der Waals surface area contributed by atoms with Gasteiger partial charge in [-0.3, -0.25) is 9.89 Å². The molecule has 5 nitrogen and oxygen atoms in total.